The van der Waals surface area contributed by atoms with Gasteiger partial charge in [-0.25, -0.2) is 0 Å². The first-order valence-electron chi connectivity index (χ1n) is 7.47. The van der Waals surface area contributed by atoms with Gasteiger partial charge in [-0.2, -0.15) is 0 Å². The van der Waals surface area contributed by atoms with Crippen molar-refractivity contribution in [2.24, 2.45) is 0 Å². The molecule has 2 rings (SSSR count). The van der Waals surface area contributed by atoms with Crippen molar-refractivity contribution in [3.63, 3.8) is 0 Å². The summed E-state index contributed by atoms with van der Waals surface area (Å²) < 4.78 is 0. The molecule has 25 heavy (non-hydrogen) atoms. The van der Waals surface area contributed by atoms with Crippen molar-refractivity contribution in [2.75, 3.05) is 0 Å². The number of allylic oxidation sites excluding steroid dienone is 2. The third-order valence-electron chi connectivity index (χ3n) is 2.40. The Balaban J connectivity index is 0. The molecule has 0 aromatic heterocycles. The van der Waals surface area contributed by atoms with Crippen LogP contribution in [0.3, 0.4) is 0 Å². The molecule has 0 aliphatic heterocycles. The average molecular weight is 333 g/mol. The molecular formula is C23H25O2-. The third kappa shape index (κ3) is 18.6. The van der Waals surface area contributed by atoms with E-state index in [0.29, 0.717) is 0 Å². The smallest absolute Gasteiger partial charge is 0.0636 e. The summed E-state index contributed by atoms with van der Waals surface area (Å²) >= 11 is 0. The first-order valence-corrected chi connectivity index (χ1v) is 7.47. The minimum Gasteiger partial charge on any atom is -0.545 e. The van der Waals surface area contributed by atoms with Gasteiger partial charge in [0.25, 0.3) is 0 Å². The van der Waals surface area contributed by atoms with Crippen LogP contribution in [0.15, 0.2) is 112 Å². The molecule has 0 amide bonds. The average Bonchev–Trinajstić information content (AvgIpc) is 2.70. The van der Waals surface area contributed by atoms with Crippen molar-refractivity contribution in [3.8, 4) is 0 Å². The summed E-state index contributed by atoms with van der Waals surface area (Å²) in [6.07, 6.45) is 7.67. The van der Waals surface area contributed by atoms with Crippen LogP contribution < -0.4 is 5.11 Å². The Labute approximate surface area is 151 Å². The Kier molecular flexibility index (Phi) is 17.8. The highest BCUT2D eigenvalue weighted by Gasteiger charge is 1.76. The molecule has 2 aromatic carbocycles. The zero-order chi connectivity index (χ0) is 19.3. The molecule has 2 heteroatoms. The predicted molar refractivity (Wildman–Crippen MR) is 109 cm³/mol. The Bertz CT molecular complexity index is 576. The summed E-state index contributed by atoms with van der Waals surface area (Å²) in [6.45, 7) is 16.9. The van der Waals surface area contributed by atoms with E-state index in [9.17, 15) is 0 Å². The largest absolute Gasteiger partial charge is 0.545 e. The first-order chi connectivity index (χ1) is 12.0. The van der Waals surface area contributed by atoms with Gasteiger partial charge in [0.2, 0.25) is 0 Å². The van der Waals surface area contributed by atoms with E-state index in [4.69, 9.17) is 9.90 Å². The summed E-state index contributed by atoms with van der Waals surface area (Å²) in [5, 5.41) is 9.14. The van der Waals surface area contributed by atoms with Crippen LogP contribution >= 0.6 is 0 Å². The molecule has 2 nitrogen and oxygen atoms in total. The van der Waals surface area contributed by atoms with Gasteiger partial charge in [-0.3, -0.25) is 0 Å². The number of carboxylic acids is 1. The van der Waals surface area contributed by atoms with Crippen molar-refractivity contribution in [2.45, 2.75) is 0 Å². The minimum absolute atomic E-state index is 0.722. The topological polar surface area (TPSA) is 40.1 Å². The summed E-state index contributed by atoms with van der Waals surface area (Å²) in [6, 6.07) is 20.1. The van der Waals surface area contributed by atoms with Gasteiger partial charge in [-0.1, -0.05) is 118 Å². The lowest BCUT2D eigenvalue weighted by Crippen LogP contribution is -2.17. The summed E-state index contributed by atoms with van der Waals surface area (Å²) in [5.74, 6) is -1.23. The molecule has 0 bridgehead atoms. The minimum atomic E-state index is -1.23. The van der Waals surface area contributed by atoms with E-state index in [2.05, 4.69) is 32.9 Å². The maximum Gasteiger partial charge on any atom is 0.0636 e. The summed E-state index contributed by atoms with van der Waals surface area (Å²) in [5.41, 5.74) is 2.35. The van der Waals surface area contributed by atoms with Crippen molar-refractivity contribution >= 4 is 18.1 Å². The molecule has 0 aliphatic carbocycles. The molecule has 0 heterocycles. The first kappa shape index (κ1) is 23.9. The predicted octanol–water partition coefficient (Wildman–Crippen LogP) is 4.94. The van der Waals surface area contributed by atoms with Gasteiger partial charge >= 0.3 is 0 Å². The molecule has 0 aliphatic rings. The van der Waals surface area contributed by atoms with Crippen molar-refractivity contribution < 1.29 is 9.90 Å². The highest BCUT2D eigenvalue weighted by molar-refractivity contribution is 5.76. The standard InChI is InChI=1S/2C8H8.C4H6.C3H4O2/c2*1-2-8-6-4-3-5-7-8;1-3-4-2;1-2-3(4)5/h2*2-7H,1H2;3-4H,1-2H2;2H,1H2,(H,4,5)/p-1. The van der Waals surface area contributed by atoms with Gasteiger partial charge in [0, 0.05) is 0 Å². The zero-order valence-electron chi connectivity index (χ0n) is 14.5. The molecule has 0 atom stereocenters. The lowest BCUT2D eigenvalue weighted by Gasteiger charge is -1.85. The molecule has 0 spiro atoms. The van der Waals surface area contributed by atoms with Crippen LogP contribution in [0, 0.1) is 0 Å². The Morgan fingerprint density at radius 3 is 1.08 bits per heavy atom. The summed E-state index contributed by atoms with van der Waals surface area (Å²) in [7, 11) is 0. The normalized spacial score (nSPS) is 7.52. The molecule has 0 saturated heterocycles. The number of carboxylic acid groups (broad SMARTS) is 1. The van der Waals surface area contributed by atoms with E-state index in [0.717, 1.165) is 6.08 Å². The van der Waals surface area contributed by atoms with Gasteiger partial charge in [-0.05, 0) is 17.2 Å². The number of hydrogen-bond donors (Lipinski definition) is 0. The number of hydrogen-bond acceptors (Lipinski definition) is 2. The van der Waals surface area contributed by atoms with E-state index >= 15 is 0 Å². The highest BCUT2D eigenvalue weighted by atomic mass is 16.4. The highest BCUT2D eigenvalue weighted by Crippen LogP contribution is 1.98. The van der Waals surface area contributed by atoms with Crippen molar-refractivity contribution in [1.29, 1.82) is 0 Å². The number of benzene rings is 2. The second-order valence-corrected chi connectivity index (χ2v) is 4.22. The quantitative estimate of drug-likeness (QED) is 0.587. The van der Waals surface area contributed by atoms with E-state index in [1.165, 1.54) is 11.1 Å². The molecular weight excluding hydrogens is 308 g/mol. The number of carbonyl (C=O) groups is 1. The molecule has 0 radical (unpaired) electrons. The zero-order valence-corrected chi connectivity index (χ0v) is 14.5. The van der Waals surface area contributed by atoms with Crippen LogP contribution in [-0.2, 0) is 4.79 Å². The van der Waals surface area contributed by atoms with E-state index in [1.807, 2.05) is 72.8 Å². The molecule has 0 saturated carbocycles. The van der Waals surface area contributed by atoms with Gasteiger partial charge in [0.1, 0.15) is 0 Å². The fraction of sp³-hybridized carbons (Fsp3) is 0. The van der Waals surface area contributed by atoms with Crippen LogP contribution in [0.25, 0.3) is 12.2 Å². The van der Waals surface area contributed by atoms with Crippen LogP contribution in [0.5, 0.6) is 0 Å². The van der Waals surface area contributed by atoms with Gasteiger partial charge < -0.3 is 9.90 Å². The maximum atomic E-state index is 9.14. The molecule has 0 N–H and O–H groups in total. The number of rotatable bonds is 4. The van der Waals surface area contributed by atoms with Gasteiger partial charge in [0.05, 0.1) is 5.97 Å². The molecule has 130 valence electrons. The number of aliphatic carboxylic acids is 1. The lowest BCUT2D eigenvalue weighted by atomic mass is 10.2. The van der Waals surface area contributed by atoms with Crippen molar-refractivity contribution in [1.82, 2.24) is 0 Å². The fourth-order valence-electron chi connectivity index (χ4n) is 1.18. The second kappa shape index (κ2) is 18.7. The SMILES string of the molecule is C=CC(=O)[O-].C=CC=C.C=Cc1ccccc1.C=Cc1ccccc1. The van der Waals surface area contributed by atoms with E-state index in [1.54, 1.807) is 12.2 Å². The van der Waals surface area contributed by atoms with E-state index in [-0.39, 0.29) is 0 Å². The van der Waals surface area contributed by atoms with Gasteiger partial charge in [-0.15, -0.1) is 0 Å². The van der Waals surface area contributed by atoms with Crippen LogP contribution in [0.1, 0.15) is 11.1 Å². The third-order valence-corrected chi connectivity index (χ3v) is 2.40. The molecule has 0 fully saturated rings. The van der Waals surface area contributed by atoms with Gasteiger partial charge in [0.15, 0.2) is 0 Å². The Morgan fingerprint density at radius 1 is 0.680 bits per heavy atom. The summed E-state index contributed by atoms with van der Waals surface area (Å²) in [4.78, 5) is 9.14. The van der Waals surface area contributed by atoms with E-state index < -0.39 is 5.97 Å². The molecule has 0 unspecified atom stereocenters. The Morgan fingerprint density at radius 2 is 0.960 bits per heavy atom. The Hall–Kier alpha value is -3.39. The van der Waals surface area contributed by atoms with Crippen LogP contribution in [-0.4, -0.2) is 5.97 Å². The fourth-order valence-corrected chi connectivity index (χ4v) is 1.18. The van der Waals surface area contributed by atoms with Crippen molar-refractivity contribution in [3.05, 3.63) is 123 Å². The number of carbonyl (C=O) groups excluding carboxylic acids is 1. The lowest BCUT2D eigenvalue weighted by molar-refractivity contribution is -0.297. The molecule has 2 aromatic rings. The maximum absolute atomic E-state index is 9.14. The second-order valence-electron chi connectivity index (χ2n) is 4.22. The van der Waals surface area contributed by atoms with Crippen LogP contribution in [0.4, 0.5) is 0 Å². The van der Waals surface area contributed by atoms with Crippen LogP contribution in [0.2, 0.25) is 0 Å². The monoisotopic (exact) mass is 333 g/mol.